The van der Waals surface area contributed by atoms with Crippen LogP contribution in [0.5, 0.6) is 0 Å². The topological polar surface area (TPSA) is 24.7 Å². The molecule has 0 heterocycles. The Kier molecular flexibility index (Phi) is 4.31. The van der Waals surface area contributed by atoms with E-state index in [4.69, 9.17) is 0 Å². The van der Waals surface area contributed by atoms with Crippen LogP contribution in [0.1, 0.15) is 41.5 Å². The first-order chi connectivity index (χ1) is 5.71. The van der Waals surface area contributed by atoms with Crippen LogP contribution in [0.2, 0.25) is 0 Å². The van der Waals surface area contributed by atoms with Crippen molar-refractivity contribution in [2.75, 3.05) is 6.67 Å². The molecule has 2 nitrogen and oxygen atoms in total. The Morgan fingerprint density at radius 3 is 1.31 bits per heavy atom. The maximum absolute atomic E-state index is 4.22. The summed E-state index contributed by atoms with van der Waals surface area (Å²) in [6, 6.07) is 0. The lowest BCUT2D eigenvalue weighted by molar-refractivity contribution is 0.600. The van der Waals surface area contributed by atoms with Crippen LogP contribution >= 0.6 is 0 Å². The molecule has 0 amide bonds. The van der Waals surface area contributed by atoms with E-state index >= 15 is 0 Å². The summed E-state index contributed by atoms with van der Waals surface area (Å²) in [5.74, 6) is 0. The molecule has 2 heteroatoms. The predicted octanol–water partition coefficient (Wildman–Crippen LogP) is 3.18. The molecule has 0 aliphatic heterocycles. The fourth-order valence-electron chi connectivity index (χ4n) is 0.677. The molecule has 0 bridgehead atoms. The van der Waals surface area contributed by atoms with Gasteiger partial charge in [0.2, 0.25) is 0 Å². The van der Waals surface area contributed by atoms with Gasteiger partial charge in [-0.15, -0.1) is 0 Å². The number of hydrogen-bond donors (Lipinski definition) is 0. The first kappa shape index (κ1) is 12.3. The van der Waals surface area contributed by atoms with Crippen molar-refractivity contribution in [3.8, 4) is 0 Å². The van der Waals surface area contributed by atoms with E-state index in [9.17, 15) is 0 Å². The Morgan fingerprint density at radius 1 is 0.769 bits per heavy atom. The standard InChI is InChI=1S/C11H22N2/c1-10(2,3)7-12-9-13-8-11(4,5)6/h7-8H,9H2,1-6H3. The molecule has 0 rings (SSSR count). The Hall–Kier alpha value is -0.660. The zero-order chi connectivity index (χ0) is 10.5. The van der Waals surface area contributed by atoms with Crippen LogP contribution in [0, 0.1) is 10.8 Å². The molecule has 76 valence electrons. The quantitative estimate of drug-likeness (QED) is 0.586. The lowest BCUT2D eigenvalue weighted by atomic mass is 9.99. The van der Waals surface area contributed by atoms with Crippen LogP contribution in [0.15, 0.2) is 9.98 Å². The third-order valence-electron chi connectivity index (χ3n) is 1.12. The number of hydrogen-bond acceptors (Lipinski definition) is 2. The second-order valence-corrected chi connectivity index (χ2v) is 5.50. The monoisotopic (exact) mass is 182 g/mol. The summed E-state index contributed by atoms with van der Waals surface area (Å²) in [7, 11) is 0. The van der Waals surface area contributed by atoms with Crippen molar-refractivity contribution in [1.29, 1.82) is 0 Å². The highest BCUT2D eigenvalue weighted by atomic mass is 14.9. The summed E-state index contributed by atoms with van der Waals surface area (Å²) in [5.41, 5.74) is 0.328. The number of nitrogens with zero attached hydrogens (tertiary/aromatic N) is 2. The van der Waals surface area contributed by atoms with E-state index in [2.05, 4.69) is 51.5 Å². The molecule has 13 heavy (non-hydrogen) atoms. The molecule has 0 aliphatic rings. The highest BCUT2D eigenvalue weighted by Crippen LogP contribution is 2.09. The van der Waals surface area contributed by atoms with Gasteiger partial charge in [0, 0.05) is 12.4 Å². The fraction of sp³-hybridized carbons (Fsp3) is 0.818. The Labute approximate surface area is 82.2 Å². The van der Waals surface area contributed by atoms with Crippen molar-refractivity contribution in [3.63, 3.8) is 0 Å². The summed E-state index contributed by atoms with van der Waals surface area (Å²) in [4.78, 5) is 8.45. The van der Waals surface area contributed by atoms with Gasteiger partial charge < -0.3 is 0 Å². The van der Waals surface area contributed by atoms with Gasteiger partial charge in [-0.05, 0) is 10.8 Å². The van der Waals surface area contributed by atoms with Crippen molar-refractivity contribution in [3.05, 3.63) is 0 Å². The minimum atomic E-state index is 0.164. The molecule has 0 atom stereocenters. The zero-order valence-corrected chi connectivity index (χ0v) is 9.76. The molecular formula is C11H22N2. The minimum Gasteiger partial charge on any atom is -0.274 e. The molecule has 0 aromatic rings. The van der Waals surface area contributed by atoms with Gasteiger partial charge in [0.05, 0.1) is 0 Å². The first-order valence-corrected chi connectivity index (χ1v) is 4.73. The average molecular weight is 182 g/mol. The van der Waals surface area contributed by atoms with Crippen LogP contribution in [0.4, 0.5) is 0 Å². The molecule has 0 N–H and O–H groups in total. The number of rotatable bonds is 2. The van der Waals surface area contributed by atoms with Crippen molar-refractivity contribution in [2.45, 2.75) is 41.5 Å². The summed E-state index contributed by atoms with van der Waals surface area (Å²) in [6.45, 7) is 13.3. The van der Waals surface area contributed by atoms with Crippen LogP contribution < -0.4 is 0 Å². The normalized spacial score (nSPS) is 14.6. The minimum absolute atomic E-state index is 0.164. The van der Waals surface area contributed by atoms with E-state index in [1.165, 1.54) is 0 Å². The van der Waals surface area contributed by atoms with Crippen molar-refractivity contribution < 1.29 is 0 Å². The second kappa shape index (κ2) is 4.54. The number of aliphatic imine (C=N–C) groups is 2. The molecule has 0 radical (unpaired) electrons. The lowest BCUT2D eigenvalue weighted by Gasteiger charge is -2.10. The van der Waals surface area contributed by atoms with Gasteiger partial charge in [-0.25, -0.2) is 0 Å². The molecular weight excluding hydrogens is 160 g/mol. The predicted molar refractivity (Wildman–Crippen MR) is 60.8 cm³/mol. The van der Waals surface area contributed by atoms with Gasteiger partial charge in [-0.1, -0.05) is 41.5 Å². The van der Waals surface area contributed by atoms with Crippen molar-refractivity contribution in [1.82, 2.24) is 0 Å². The maximum atomic E-state index is 4.22. The van der Waals surface area contributed by atoms with E-state index in [1.807, 2.05) is 12.4 Å². The van der Waals surface area contributed by atoms with E-state index in [0.29, 0.717) is 6.67 Å². The Balaban J connectivity index is 3.81. The van der Waals surface area contributed by atoms with Gasteiger partial charge in [0.25, 0.3) is 0 Å². The molecule has 0 aromatic heterocycles. The Morgan fingerprint density at radius 2 is 1.08 bits per heavy atom. The average Bonchev–Trinajstić information content (AvgIpc) is 1.81. The summed E-state index contributed by atoms with van der Waals surface area (Å²) in [5, 5.41) is 0. The van der Waals surface area contributed by atoms with Gasteiger partial charge in [0.15, 0.2) is 0 Å². The van der Waals surface area contributed by atoms with E-state index < -0.39 is 0 Å². The van der Waals surface area contributed by atoms with E-state index in [0.717, 1.165) is 0 Å². The largest absolute Gasteiger partial charge is 0.274 e. The summed E-state index contributed by atoms with van der Waals surface area (Å²) in [6.07, 6.45) is 3.90. The summed E-state index contributed by atoms with van der Waals surface area (Å²) < 4.78 is 0. The van der Waals surface area contributed by atoms with Crippen molar-refractivity contribution in [2.24, 2.45) is 20.8 Å². The lowest BCUT2D eigenvalue weighted by Crippen LogP contribution is -2.07. The SMILES string of the molecule is CC(C)(C)C=NCN=CC(C)(C)C. The molecule has 0 spiro atoms. The highest BCUT2D eigenvalue weighted by Gasteiger charge is 2.05. The maximum Gasteiger partial charge on any atom is 0.128 e. The van der Waals surface area contributed by atoms with Crippen LogP contribution in [0.3, 0.4) is 0 Å². The molecule has 0 aliphatic carbocycles. The molecule has 0 saturated carbocycles. The molecule has 0 fully saturated rings. The van der Waals surface area contributed by atoms with Crippen molar-refractivity contribution >= 4 is 12.4 Å². The van der Waals surface area contributed by atoms with Gasteiger partial charge in [0.1, 0.15) is 6.67 Å². The van der Waals surface area contributed by atoms with Crippen LogP contribution in [0.25, 0.3) is 0 Å². The van der Waals surface area contributed by atoms with Gasteiger partial charge >= 0.3 is 0 Å². The van der Waals surface area contributed by atoms with Gasteiger partial charge in [-0.3, -0.25) is 9.98 Å². The smallest absolute Gasteiger partial charge is 0.128 e. The molecule has 0 saturated heterocycles. The third-order valence-corrected chi connectivity index (χ3v) is 1.12. The van der Waals surface area contributed by atoms with E-state index in [1.54, 1.807) is 0 Å². The highest BCUT2D eigenvalue weighted by molar-refractivity contribution is 5.65. The molecule has 0 aromatic carbocycles. The van der Waals surface area contributed by atoms with Crippen LogP contribution in [-0.2, 0) is 0 Å². The first-order valence-electron chi connectivity index (χ1n) is 4.73. The second-order valence-electron chi connectivity index (χ2n) is 5.50. The fourth-order valence-corrected chi connectivity index (χ4v) is 0.677. The zero-order valence-electron chi connectivity index (χ0n) is 9.76. The van der Waals surface area contributed by atoms with E-state index in [-0.39, 0.29) is 10.8 Å². The van der Waals surface area contributed by atoms with Gasteiger partial charge in [-0.2, -0.15) is 0 Å². The summed E-state index contributed by atoms with van der Waals surface area (Å²) >= 11 is 0. The Bertz CT molecular complexity index is 167. The van der Waals surface area contributed by atoms with Crippen LogP contribution in [-0.4, -0.2) is 19.1 Å². The third kappa shape index (κ3) is 11.3. The molecule has 0 unspecified atom stereocenters.